The number of likely N-dealkylation sites (N-methyl/N-ethyl adjacent to an activating group) is 1. The summed E-state index contributed by atoms with van der Waals surface area (Å²) >= 11 is 0. The normalized spacial score (nSPS) is 18.7. The Labute approximate surface area is 125 Å². The van der Waals surface area contributed by atoms with E-state index in [1.807, 2.05) is 0 Å². The maximum atomic E-state index is 12.4. The summed E-state index contributed by atoms with van der Waals surface area (Å²) in [6.45, 7) is 1.98. The lowest BCUT2D eigenvalue weighted by Crippen LogP contribution is -2.46. The number of aromatic nitrogens is 1. The van der Waals surface area contributed by atoms with Gasteiger partial charge in [0, 0.05) is 31.4 Å². The van der Waals surface area contributed by atoms with E-state index >= 15 is 0 Å². The lowest BCUT2D eigenvalue weighted by Gasteiger charge is -2.30. The number of pyridine rings is 1. The summed E-state index contributed by atoms with van der Waals surface area (Å²) in [5.74, 6) is 5.62. The lowest BCUT2D eigenvalue weighted by atomic mass is 10.0. The summed E-state index contributed by atoms with van der Waals surface area (Å²) in [6, 6.07) is 1.87. The number of carbonyl (C=O) groups excluding carboxylic acids is 1. The molecule has 1 unspecified atom stereocenters. The van der Waals surface area contributed by atoms with E-state index in [1.165, 1.54) is 0 Å². The molecule has 0 spiro atoms. The van der Waals surface area contributed by atoms with Crippen molar-refractivity contribution in [1.29, 1.82) is 0 Å². The summed E-state index contributed by atoms with van der Waals surface area (Å²) in [6.07, 6.45) is 5.68. The first-order valence-electron chi connectivity index (χ1n) is 7.24. The monoisotopic (exact) mass is 287 g/mol. The van der Waals surface area contributed by atoms with Gasteiger partial charge in [0.25, 0.3) is 5.91 Å². The standard InChI is InChI=1S/C16H21N3O2/c1-19-9-4-6-14(12-19)18-16(21)15-7-8-17-11-13(15)5-2-3-10-20/h7-8,11,14,20H,3-4,6,9-10,12H2,1H3,(H,18,21). The molecule has 2 N–H and O–H groups in total. The second-order valence-electron chi connectivity index (χ2n) is 5.27. The van der Waals surface area contributed by atoms with Crippen LogP contribution in [0.5, 0.6) is 0 Å². The van der Waals surface area contributed by atoms with Crippen LogP contribution >= 0.6 is 0 Å². The number of carbonyl (C=O) groups is 1. The quantitative estimate of drug-likeness (QED) is 0.801. The van der Waals surface area contributed by atoms with E-state index in [0.717, 1.165) is 25.9 Å². The van der Waals surface area contributed by atoms with Crippen LogP contribution in [-0.4, -0.2) is 53.7 Å². The first kappa shape index (κ1) is 15.5. The molecule has 0 aliphatic carbocycles. The number of piperidine rings is 1. The zero-order chi connectivity index (χ0) is 15.1. The zero-order valence-corrected chi connectivity index (χ0v) is 12.3. The van der Waals surface area contributed by atoms with Crippen LogP contribution in [0.1, 0.15) is 35.2 Å². The Morgan fingerprint density at radius 2 is 2.48 bits per heavy atom. The molecule has 2 rings (SSSR count). The van der Waals surface area contributed by atoms with Crippen molar-refractivity contribution in [2.75, 3.05) is 26.7 Å². The minimum Gasteiger partial charge on any atom is -0.395 e. The number of hydrogen-bond donors (Lipinski definition) is 2. The van der Waals surface area contributed by atoms with E-state index in [2.05, 4.69) is 34.1 Å². The van der Waals surface area contributed by atoms with Crippen molar-refractivity contribution in [3.8, 4) is 11.8 Å². The predicted octanol–water partition coefficient (Wildman–Crippen LogP) is 0.639. The number of aliphatic hydroxyl groups is 1. The summed E-state index contributed by atoms with van der Waals surface area (Å²) in [5, 5.41) is 11.8. The fourth-order valence-electron chi connectivity index (χ4n) is 2.45. The number of likely N-dealkylation sites (tertiary alicyclic amines) is 1. The minimum absolute atomic E-state index is 0.0171. The Kier molecular flexibility index (Phi) is 5.73. The highest BCUT2D eigenvalue weighted by atomic mass is 16.2. The van der Waals surface area contributed by atoms with E-state index in [9.17, 15) is 4.79 Å². The van der Waals surface area contributed by atoms with Crippen molar-refractivity contribution < 1.29 is 9.90 Å². The van der Waals surface area contributed by atoms with Gasteiger partial charge >= 0.3 is 0 Å². The lowest BCUT2D eigenvalue weighted by molar-refractivity contribution is 0.0912. The van der Waals surface area contributed by atoms with Crippen molar-refractivity contribution in [1.82, 2.24) is 15.2 Å². The van der Waals surface area contributed by atoms with Gasteiger partial charge in [0.1, 0.15) is 0 Å². The summed E-state index contributed by atoms with van der Waals surface area (Å²) in [5.41, 5.74) is 1.15. The second-order valence-corrected chi connectivity index (χ2v) is 5.27. The molecule has 1 aliphatic heterocycles. The maximum absolute atomic E-state index is 12.4. The minimum atomic E-state index is -0.106. The van der Waals surface area contributed by atoms with Gasteiger partial charge in [0.15, 0.2) is 0 Å². The first-order valence-corrected chi connectivity index (χ1v) is 7.24. The average Bonchev–Trinajstić information content (AvgIpc) is 2.48. The Morgan fingerprint density at radius 3 is 3.24 bits per heavy atom. The molecule has 1 aromatic heterocycles. The molecule has 2 heterocycles. The van der Waals surface area contributed by atoms with E-state index in [-0.39, 0.29) is 18.6 Å². The summed E-state index contributed by atoms with van der Waals surface area (Å²) < 4.78 is 0. The van der Waals surface area contributed by atoms with E-state index < -0.39 is 0 Å². The fraction of sp³-hybridized carbons (Fsp3) is 0.500. The molecule has 0 aromatic carbocycles. The average molecular weight is 287 g/mol. The van der Waals surface area contributed by atoms with Crippen molar-refractivity contribution in [3.63, 3.8) is 0 Å². The molecule has 112 valence electrons. The molecule has 0 bridgehead atoms. The van der Waals surface area contributed by atoms with Gasteiger partial charge in [-0.3, -0.25) is 9.78 Å². The van der Waals surface area contributed by atoms with Gasteiger partial charge in [0.05, 0.1) is 17.7 Å². The molecule has 5 heteroatoms. The molecule has 5 nitrogen and oxygen atoms in total. The first-order chi connectivity index (χ1) is 10.2. The largest absolute Gasteiger partial charge is 0.395 e. The molecule has 1 aliphatic rings. The number of amides is 1. The molecular formula is C16H21N3O2. The molecular weight excluding hydrogens is 266 g/mol. The van der Waals surface area contributed by atoms with Crippen LogP contribution in [-0.2, 0) is 0 Å². The van der Waals surface area contributed by atoms with Gasteiger partial charge in [-0.1, -0.05) is 11.8 Å². The van der Waals surface area contributed by atoms with Crippen LogP contribution in [0, 0.1) is 11.8 Å². The third-order valence-electron chi connectivity index (χ3n) is 3.49. The molecule has 1 amide bonds. The van der Waals surface area contributed by atoms with Crippen LogP contribution < -0.4 is 5.32 Å². The molecule has 1 atom stereocenters. The maximum Gasteiger partial charge on any atom is 0.252 e. The Hall–Kier alpha value is -1.90. The molecule has 1 aromatic rings. The van der Waals surface area contributed by atoms with Crippen molar-refractivity contribution >= 4 is 5.91 Å². The van der Waals surface area contributed by atoms with Gasteiger partial charge in [-0.15, -0.1) is 0 Å². The van der Waals surface area contributed by atoms with Crippen LogP contribution in [0.2, 0.25) is 0 Å². The Bertz CT molecular complexity index is 548. The van der Waals surface area contributed by atoms with Gasteiger partial charge in [0.2, 0.25) is 0 Å². The summed E-state index contributed by atoms with van der Waals surface area (Å²) in [7, 11) is 2.07. The number of nitrogens with one attached hydrogen (secondary N) is 1. The zero-order valence-electron chi connectivity index (χ0n) is 12.3. The molecule has 1 saturated heterocycles. The number of nitrogens with zero attached hydrogens (tertiary/aromatic N) is 2. The highest BCUT2D eigenvalue weighted by molar-refractivity contribution is 5.96. The van der Waals surface area contributed by atoms with Crippen LogP contribution in [0.3, 0.4) is 0 Å². The predicted molar refractivity (Wildman–Crippen MR) is 80.8 cm³/mol. The number of hydrogen-bond acceptors (Lipinski definition) is 4. The topological polar surface area (TPSA) is 65.5 Å². The van der Waals surface area contributed by atoms with Gasteiger partial charge < -0.3 is 15.3 Å². The molecule has 1 fully saturated rings. The SMILES string of the molecule is CN1CCCC(NC(=O)c2ccncc2C#CCCO)C1. The smallest absolute Gasteiger partial charge is 0.252 e. The Balaban J connectivity index is 2.07. The van der Waals surface area contributed by atoms with E-state index in [0.29, 0.717) is 17.5 Å². The van der Waals surface area contributed by atoms with Gasteiger partial charge in [-0.2, -0.15) is 0 Å². The van der Waals surface area contributed by atoms with E-state index in [4.69, 9.17) is 5.11 Å². The van der Waals surface area contributed by atoms with Crippen molar-refractivity contribution in [3.05, 3.63) is 29.6 Å². The van der Waals surface area contributed by atoms with Crippen LogP contribution in [0.15, 0.2) is 18.5 Å². The Morgan fingerprint density at radius 1 is 1.62 bits per heavy atom. The molecule has 0 saturated carbocycles. The highest BCUT2D eigenvalue weighted by Gasteiger charge is 2.20. The van der Waals surface area contributed by atoms with Gasteiger partial charge in [-0.05, 0) is 32.5 Å². The van der Waals surface area contributed by atoms with Gasteiger partial charge in [-0.25, -0.2) is 0 Å². The fourth-order valence-corrected chi connectivity index (χ4v) is 2.45. The highest BCUT2D eigenvalue weighted by Crippen LogP contribution is 2.11. The number of aliphatic hydroxyl groups excluding tert-OH is 1. The van der Waals surface area contributed by atoms with Crippen LogP contribution in [0.4, 0.5) is 0 Å². The third kappa shape index (κ3) is 4.55. The second kappa shape index (κ2) is 7.77. The molecule has 21 heavy (non-hydrogen) atoms. The van der Waals surface area contributed by atoms with E-state index in [1.54, 1.807) is 18.5 Å². The van der Waals surface area contributed by atoms with Crippen molar-refractivity contribution in [2.24, 2.45) is 0 Å². The van der Waals surface area contributed by atoms with Crippen LogP contribution in [0.25, 0.3) is 0 Å². The third-order valence-corrected chi connectivity index (χ3v) is 3.49. The van der Waals surface area contributed by atoms with Crippen molar-refractivity contribution in [2.45, 2.75) is 25.3 Å². The summed E-state index contributed by atoms with van der Waals surface area (Å²) in [4.78, 5) is 18.6. The number of rotatable bonds is 3. The molecule has 0 radical (unpaired) electrons.